The van der Waals surface area contributed by atoms with E-state index in [1.807, 2.05) is 30.3 Å². The minimum absolute atomic E-state index is 0.210. The van der Waals surface area contributed by atoms with E-state index < -0.39 is 5.56 Å². The van der Waals surface area contributed by atoms with Crippen LogP contribution >= 0.6 is 11.3 Å². The van der Waals surface area contributed by atoms with E-state index in [0.717, 1.165) is 27.0 Å². The van der Waals surface area contributed by atoms with Gasteiger partial charge in [0.25, 0.3) is 11.1 Å². The Labute approximate surface area is 202 Å². The predicted molar refractivity (Wildman–Crippen MR) is 132 cm³/mol. The van der Waals surface area contributed by atoms with E-state index in [4.69, 9.17) is 9.15 Å². The first kappa shape index (κ1) is 22.4. The van der Waals surface area contributed by atoms with Crippen LogP contribution in [0.2, 0.25) is 0 Å². The lowest BCUT2D eigenvalue weighted by Crippen LogP contribution is -2.28. The molecule has 8 nitrogen and oxygen atoms in total. The Morgan fingerprint density at radius 3 is 2.57 bits per heavy atom. The van der Waals surface area contributed by atoms with Crippen molar-refractivity contribution in [1.29, 1.82) is 0 Å². The highest BCUT2D eigenvalue weighted by molar-refractivity contribution is 7.15. The van der Waals surface area contributed by atoms with Gasteiger partial charge in [0.2, 0.25) is 4.96 Å². The molecule has 3 heterocycles. The second-order valence-electron chi connectivity index (χ2n) is 7.64. The predicted octanol–water partition coefficient (Wildman–Crippen LogP) is 3.09. The van der Waals surface area contributed by atoms with Crippen molar-refractivity contribution in [3.05, 3.63) is 115 Å². The number of hydrogen-bond acceptors (Lipinski definition) is 8. The van der Waals surface area contributed by atoms with Crippen LogP contribution in [0.4, 0.5) is 0 Å². The van der Waals surface area contributed by atoms with Crippen LogP contribution in [0.1, 0.15) is 34.3 Å². The Balaban J connectivity index is 1.44. The van der Waals surface area contributed by atoms with E-state index in [2.05, 4.69) is 10.1 Å². The highest BCUT2D eigenvalue weighted by Gasteiger charge is 2.13. The van der Waals surface area contributed by atoms with E-state index in [9.17, 15) is 14.4 Å². The van der Waals surface area contributed by atoms with Crippen molar-refractivity contribution in [3.8, 4) is 11.3 Å². The first-order chi connectivity index (χ1) is 17.0. The van der Waals surface area contributed by atoms with Crippen LogP contribution in [0, 0.1) is 0 Å². The second-order valence-corrected chi connectivity index (χ2v) is 8.65. The number of rotatable bonds is 6. The number of ether oxygens (including phenoxy) is 1. The number of carbonyl (C=O) groups is 1. The topological polar surface area (TPSA) is 104 Å². The summed E-state index contributed by atoms with van der Waals surface area (Å²) in [6.07, 6.45) is 1.89. The Hall–Kier alpha value is -4.37. The Kier molecular flexibility index (Phi) is 6.07. The maximum absolute atomic E-state index is 12.9. The summed E-state index contributed by atoms with van der Waals surface area (Å²) in [5, 5.41) is 4.27. The molecule has 9 heteroatoms. The van der Waals surface area contributed by atoms with Crippen LogP contribution in [0.15, 0.2) is 80.7 Å². The van der Waals surface area contributed by atoms with Gasteiger partial charge in [0.1, 0.15) is 21.7 Å². The molecule has 0 atom stereocenters. The summed E-state index contributed by atoms with van der Waals surface area (Å²) in [5.74, 6) is 0.662. The van der Waals surface area contributed by atoms with Gasteiger partial charge in [-0.3, -0.25) is 9.59 Å². The lowest BCUT2D eigenvalue weighted by molar-refractivity contribution is 0.0526. The number of thiazole rings is 1. The minimum atomic E-state index is -0.451. The lowest BCUT2D eigenvalue weighted by atomic mass is 10.1. The molecule has 0 aliphatic carbocycles. The highest BCUT2D eigenvalue weighted by Crippen LogP contribution is 2.23. The zero-order valence-electron chi connectivity index (χ0n) is 18.6. The van der Waals surface area contributed by atoms with Crippen LogP contribution in [0.3, 0.4) is 0 Å². The van der Waals surface area contributed by atoms with E-state index in [0.29, 0.717) is 34.6 Å². The van der Waals surface area contributed by atoms with Crippen molar-refractivity contribution < 1.29 is 13.9 Å². The monoisotopic (exact) mass is 485 g/mol. The van der Waals surface area contributed by atoms with E-state index >= 15 is 0 Å². The molecule has 0 radical (unpaired) electrons. The van der Waals surface area contributed by atoms with Gasteiger partial charge in [0.05, 0.1) is 12.2 Å². The number of furan rings is 1. The molecule has 35 heavy (non-hydrogen) atoms. The van der Waals surface area contributed by atoms with E-state index in [-0.39, 0.29) is 22.2 Å². The quantitative estimate of drug-likeness (QED) is 0.341. The average Bonchev–Trinajstić information content (AvgIpc) is 3.45. The molecular weight excluding hydrogens is 466 g/mol. The SMILES string of the molecule is CCOC(=O)c1ccc(-c2ccc(C=c3sc4nc(=O)c(Cc5ccccc5)nn4c3=O)o2)cc1. The van der Waals surface area contributed by atoms with Gasteiger partial charge in [-0.25, -0.2) is 4.79 Å². The normalized spacial score (nSPS) is 11.7. The number of esters is 1. The number of fused-ring (bicyclic) bond motifs is 1. The summed E-state index contributed by atoms with van der Waals surface area (Å²) in [6.45, 7) is 2.07. The first-order valence-corrected chi connectivity index (χ1v) is 11.7. The summed E-state index contributed by atoms with van der Waals surface area (Å²) in [6, 6.07) is 19.8. The fourth-order valence-corrected chi connectivity index (χ4v) is 4.43. The molecule has 0 aliphatic rings. The summed E-state index contributed by atoms with van der Waals surface area (Å²) < 4.78 is 12.4. The molecule has 0 unspecified atom stereocenters. The van der Waals surface area contributed by atoms with Crippen molar-refractivity contribution in [2.24, 2.45) is 0 Å². The van der Waals surface area contributed by atoms with Crippen LogP contribution < -0.4 is 15.7 Å². The number of aromatic nitrogens is 3. The second kappa shape index (κ2) is 9.47. The number of hydrogen-bond donors (Lipinski definition) is 0. The third-order valence-corrected chi connectivity index (χ3v) is 6.20. The molecule has 3 aromatic heterocycles. The van der Waals surface area contributed by atoms with Gasteiger partial charge in [-0.05, 0) is 36.8 Å². The summed E-state index contributed by atoms with van der Waals surface area (Å²) in [7, 11) is 0. The van der Waals surface area contributed by atoms with Crippen molar-refractivity contribution in [2.75, 3.05) is 6.61 Å². The fourth-order valence-electron chi connectivity index (χ4n) is 3.54. The molecule has 0 aliphatic heterocycles. The highest BCUT2D eigenvalue weighted by atomic mass is 32.1. The third kappa shape index (κ3) is 4.67. The number of nitrogens with zero attached hydrogens (tertiary/aromatic N) is 3. The molecule has 0 bridgehead atoms. The fraction of sp³-hybridized carbons (Fsp3) is 0.115. The minimum Gasteiger partial charge on any atom is -0.462 e. The van der Waals surface area contributed by atoms with Crippen LogP contribution in [-0.2, 0) is 11.2 Å². The third-order valence-electron chi connectivity index (χ3n) is 5.25. The number of benzene rings is 2. The number of carbonyl (C=O) groups excluding carboxylic acids is 1. The largest absolute Gasteiger partial charge is 0.462 e. The molecule has 5 rings (SSSR count). The van der Waals surface area contributed by atoms with Gasteiger partial charge in [-0.15, -0.1) is 0 Å². The maximum atomic E-state index is 12.9. The van der Waals surface area contributed by atoms with Gasteiger partial charge < -0.3 is 9.15 Å². The molecule has 0 spiro atoms. The zero-order chi connectivity index (χ0) is 24.4. The Bertz CT molecular complexity index is 1690. The van der Waals surface area contributed by atoms with Crippen molar-refractivity contribution in [1.82, 2.24) is 14.6 Å². The first-order valence-electron chi connectivity index (χ1n) is 10.9. The summed E-state index contributed by atoms with van der Waals surface area (Å²) in [4.78, 5) is 41.5. The summed E-state index contributed by atoms with van der Waals surface area (Å²) >= 11 is 1.07. The molecule has 0 amide bonds. The molecular formula is C26H19N3O5S. The van der Waals surface area contributed by atoms with Crippen molar-refractivity contribution in [3.63, 3.8) is 0 Å². The van der Waals surface area contributed by atoms with Crippen LogP contribution in [0.25, 0.3) is 22.4 Å². The Morgan fingerprint density at radius 1 is 1.06 bits per heavy atom. The van der Waals surface area contributed by atoms with Crippen molar-refractivity contribution in [2.45, 2.75) is 13.3 Å². The zero-order valence-corrected chi connectivity index (χ0v) is 19.5. The molecule has 0 fully saturated rings. The van der Waals surface area contributed by atoms with Gasteiger partial charge in [-0.1, -0.05) is 53.8 Å². The smallest absolute Gasteiger partial charge is 0.338 e. The molecule has 2 aromatic carbocycles. The molecule has 0 saturated carbocycles. The molecule has 5 aromatic rings. The molecule has 0 N–H and O–H groups in total. The standard InChI is InChI=1S/C26H19N3O5S/c1-2-33-25(32)18-10-8-17(9-11-18)21-13-12-19(34-21)15-22-24(31)29-26(35-22)27-23(30)20(28-29)14-16-6-4-3-5-7-16/h3-13,15H,2,14H2,1H3. The van der Waals surface area contributed by atoms with Gasteiger partial charge >= 0.3 is 5.97 Å². The van der Waals surface area contributed by atoms with Crippen LogP contribution in [0.5, 0.6) is 0 Å². The average molecular weight is 486 g/mol. The molecule has 0 saturated heterocycles. The maximum Gasteiger partial charge on any atom is 0.338 e. The van der Waals surface area contributed by atoms with Gasteiger partial charge in [0, 0.05) is 18.1 Å². The van der Waals surface area contributed by atoms with E-state index in [1.165, 1.54) is 0 Å². The van der Waals surface area contributed by atoms with Gasteiger partial charge in [0.15, 0.2) is 0 Å². The lowest BCUT2D eigenvalue weighted by Gasteiger charge is -2.02. The molecule has 174 valence electrons. The van der Waals surface area contributed by atoms with E-state index in [1.54, 1.807) is 49.4 Å². The summed E-state index contributed by atoms with van der Waals surface area (Å²) in [5.41, 5.74) is 1.53. The Morgan fingerprint density at radius 2 is 1.83 bits per heavy atom. The van der Waals surface area contributed by atoms with Crippen LogP contribution in [-0.4, -0.2) is 27.2 Å². The van der Waals surface area contributed by atoms with Gasteiger partial charge in [-0.2, -0.15) is 14.6 Å². The van der Waals surface area contributed by atoms with Crippen molar-refractivity contribution >= 4 is 28.3 Å².